The fourth-order valence-corrected chi connectivity index (χ4v) is 5.95. The Kier molecular flexibility index (Phi) is 6.77. The van der Waals surface area contributed by atoms with Gasteiger partial charge in [-0.15, -0.1) is 11.3 Å². The minimum atomic E-state index is -0.345. The van der Waals surface area contributed by atoms with Gasteiger partial charge in [-0.25, -0.2) is 4.79 Å². The fraction of sp³-hybridized carbons (Fsp3) is 0.346. The first-order valence-corrected chi connectivity index (χ1v) is 12.9. The zero-order chi connectivity index (χ0) is 24.5. The van der Waals surface area contributed by atoms with Gasteiger partial charge < -0.3 is 14.6 Å². The molecule has 7 nitrogen and oxygen atoms in total. The number of thiophene rings is 1. The van der Waals surface area contributed by atoms with E-state index in [9.17, 15) is 9.59 Å². The van der Waals surface area contributed by atoms with Crippen molar-refractivity contribution in [3.05, 3.63) is 79.0 Å². The minimum Gasteiger partial charge on any atom is -0.489 e. The number of pyridine rings is 1. The molecule has 0 bridgehead atoms. The van der Waals surface area contributed by atoms with Gasteiger partial charge in [0.1, 0.15) is 11.9 Å². The molecule has 1 atom stereocenters. The van der Waals surface area contributed by atoms with Gasteiger partial charge in [0.15, 0.2) is 0 Å². The van der Waals surface area contributed by atoms with Crippen LogP contribution in [0.5, 0.6) is 5.75 Å². The van der Waals surface area contributed by atoms with E-state index in [-0.39, 0.29) is 23.9 Å². The fourth-order valence-electron chi connectivity index (χ4n) is 4.55. The molecule has 0 spiro atoms. The number of aromatic nitrogens is 3. The number of benzene rings is 1. The van der Waals surface area contributed by atoms with E-state index in [1.165, 1.54) is 32.7 Å². The van der Waals surface area contributed by atoms with Crippen molar-refractivity contribution in [2.75, 3.05) is 13.1 Å². The zero-order valence-corrected chi connectivity index (χ0v) is 21.3. The molecule has 1 fully saturated rings. The number of halogens is 1. The van der Waals surface area contributed by atoms with Gasteiger partial charge >= 0.3 is 5.69 Å². The summed E-state index contributed by atoms with van der Waals surface area (Å²) in [5.41, 5.74) is 3.05. The molecule has 0 saturated carbocycles. The van der Waals surface area contributed by atoms with E-state index in [0.717, 1.165) is 69.9 Å². The molecule has 1 saturated heterocycles. The van der Waals surface area contributed by atoms with Crippen LogP contribution in [0.3, 0.4) is 0 Å². The van der Waals surface area contributed by atoms with E-state index in [1.54, 1.807) is 13.2 Å². The second-order valence-corrected chi connectivity index (χ2v) is 10.5. The van der Waals surface area contributed by atoms with Gasteiger partial charge in [0.2, 0.25) is 0 Å². The van der Waals surface area contributed by atoms with E-state index in [1.807, 2.05) is 31.2 Å². The van der Waals surface area contributed by atoms with E-state index >= 15 is 0 Å². The third-order valence-electron chi connectivity index (χ3n) is 6.35. The maximum atomic E-state index is 12.5. The monoisotopic (exact) mass is 510 g/mol. The van der Waals surface area contributed by atoms with Crippen LogP contribution in [0.25, 0.3) is 21.3 Å². The molecule has 5 rings (SSSR count). The number of nitrogens with zero attached hydrogens (tertiary/aromatic N) is 3. The Morgan fingerprint density at radius 3 is 2.89 bits per heavy atom. The Morgan fingerprint density at radius 2 is 2.03 bits per heavy atom. The largest absolute Gasteiger partial charge is 0.489 e. The lowest BCUT2D eigenvalue weighted by atomic mass is 10.0. The van der Waals surface area contributed by atoms with Gasteiger partial charge in [-0.1, -0.05) is 11.6 Å². The molecule has 0 unspecified atom stereocenters. The molecule has 1 N–H and O–H groups in total. The third kappa shape index (κ3) is 4.91. The lowest BCUT2D eigenvalue weighted by molar-refractivity contribution is 0.187. The molecule has 35 heavy (non-hydrogen) atoms. The summed E-state index contributed by atoms with van der Waals surface area (Å²) in [6.45, 7) is 4.18. The molecule has 1 aliphatic heterocycles. The average Bonchev–Trinajstić information content (AvgIpc) is 3.07. The van der Waals surface area contributed by atoms with Crippen molar-refractivity contribution in [2.45, 2.75) is 38.8 Å². The molecule has 182 valence electrons. The van der Waals surface area contributed by atoms with Crippen molar-refractivity contribution in [3.8, 4) is 16.9 Å². The maximum absolute atomic E-state index is 12.5. The predicted octanol–water partition coefficient (Wildman–Crippen LogP) is 4.35. The van der Waals surface area contributed by atoms with Crippen molar-refractivity contribution in [1.29, 1.82) is 0 Å². The standard InChI is InChI=1S/C26H27ClN4O3S/c1-16-12-17(27)13-21(24(16)34-18-4-3-8-28-9-5-18)20-6-10-29-22-14-19(35-25(20)22)15-31-23(32)7-11-30(2)26(31)33/h6-7,10-14,18,28H,3-5,8-9,15H2,1-2H3/t18-/m0/s1. The summed E-state index contributed by atoms with van der Waals surface area (Å²) in [5.74, 6) is 0.844. The number of ether oxygens (including phenoxy) is 1. The lowest BCUT2D eigenvalue weighted by Crippen LogP contribution is -2.37. The lowest BCUT2D eigenvalue weighted by Gasteiger charge is -2.22. The SMILES string of the molecule is Cc1cc(Cl)cc(-c2ccnc3cc(Cn4c(=O)ccn(C)c4=O)sc23)c1O[C@H]1CCCNCC1. The van der Waals surface area contributed by atoms with Gasteiger partial charge in [0.05, 0.1) is 16.8 Å². The van der Waals surface area contributed by atoms with Gasteiger partial charge in [-0.3, -0.25) is 14.3 Å². The Morgan fingerprint density at radius 1 is 1.17 bits per heavy atom. The summed E-state index contributed by atoms with van der Waals surface area (Å²) in [4.78, 5) is 30.3. The second kappa shape index (κ2) is 9.97. The van der Waals surface area contributed by atoms with Crippen molar-refractivity contribution in [3.63, 3.8) is 0 Å². The first kappa shape index (κ1) is 23.8. The summed E-state index contributed by atoms with van der Waals surface area (Å²) in [6, 6.07) is 9.20. The smallest absolute Gasteiger partial charge is 0.331 e. The summed E-state index contributed by atoms with van der Waals surface area (Å²) in [7, 11) is 1.64. The highest BCUT2D eigenvalue weighted by atomic mass is 35.5. The van der Waals surface area contributed by atoms with E-state index < -0.39 is 0 Å². The van der Waals surface area contributed by atoms with Gasteiger partial charge in [0.25, 0.3) is 5.56 Å². The van der Waals surface area contributed by atoms with Crippen molar-refractivity contribution in [2.24, 2.45) is 7.05 Å². The maximum Gasteiger partial charge on any atom is 0.331 e. The summed E-state index contributed by atoms with van der Waals surface area (Å²) < 4.78 is 10.2. The van der Waals surface area contributed by atoms with Crippen LogP contribution in [0.15, 0.2) is 52.3 Å². The number of rotatable bonds is 5. The Labute approximate surface area is 212 Å². The first-order valence-electron chi connectivity index (χ1n) is 11.7. The molecule has 4 aromatic rings. The highest BCUT2D eigenvalue weighted by Crippen LogP contribution is 2.42. The van der Waals surface area contributed by atoms with E-state index in [0.29, 0.717) is 5.02 Å². The van der Waals surface area contributed by atoms with Gasteiger partial charge in [0, 0.05) is 46.5 Å². The molecule has 0 aliphatic carbocycles. The molecule has 1 aliphatic rings. The Balaban J connectivity index is 1.58. The number of aryl methyl sites for hydroxylation is 2. The number of nitrogens with one attached hydrogen (secondary N) is 1. The Bertz CT molecular complexity index is 1500. The van der Waals surface area contributed by atoms with Crippen molar-refractivity contribution >= 4 is 33.2 Å². The second-order valence-electron chi connectivity index (χ2n) is 8.94. The van der Waals surface area contributed by atoms with Crippen LogP contribution >= 0.6 is 22.9 Å². The van der Waals surface area contributed by atoms with Crippen molar-refractivity contribution < 1.29 is 4.74 Å². The summed E-state index contributed by atoms with van der Waals surface area (Å²) in [5, 5.41) is 4.08. The summed E-state index contributed by atoms with van der Waals surface area (Å²) in [6.07, 6.45) is 6.44. The molecular weight excluding hydrogens is 484 g/mol. The van der Waals surface area contributed by atoms with Crippen LogP contribution in [0.1, 0.15) is 29.7 Å². The topological polar surface area (TPSA) is 78.2 Å². The average molecular weight is 511 g/mol. The van der Waals surface area contributed by atoms with E-state index in [4.69, 9.17) is 16.3 Å². The molecule has 0 radical (unpaired) electrons. The predicted molar refractivity (Wildman–Crippen MR) is 141 cm³/mol. The molecule has 0 amide bonds. The third-order valence-corrected chi connectivity index (χ3v) is 7.71. The minimum absolute atomic E-state index is 0.140. The highest BCUT2D eigenvalue weighted by Gasteiger charge is 2.20. The number of hydrogen-bond donors (Lipinski definition) is 1. The van der Waals surface area contributed by atoms with Crippen LogP contribution in [0.2, 0.25) is 5.02 Å². The zero-order valence-electron chi connectivity index (χ0n) is 19.7. The normalized spacial score (nSPS) is 16.4. The Hall–Kier alpha value is -2.94. The van der Waals surface area contributed by atoms with Crippen LogP contribution in [-0.4, -0.2) is 33.3 Å². The van der Waals surface area contributed by atoms with E-state index in [2.05, 4.69) is 10.3 Å². The summed E-state index contributed by atoms with van der Waals surface area (Å²) >= 11 is 8.03. The molecule has 4 heterocycles. The van der Waals surface area contributed by atoms with Crippen LogP contribution < -0.4 is 21.3 Å². The quantitative estimate of drug-likeness (QED) is 0.432. The molecular formula is C26H27ClN4O3S. The molecule has 1 aromatic carbocycles. The molecule has 3 aromatic heterocycles. The number of hydrogen-bond acceptors (Lipinski definition) is 6. The van der Waals surface area contributed by atoms with Crippen LogP contribution in [-0.2, 0) is 13.6 Å². The highest BCUT2D eigenvalue weighted by molar-refractivity contribution is 7.19. The molecule has 9 heteroatoms. The van der Waals surface area contributed by atoms with Crippen molar-refractivity contribution in [1.82, 2.24) is 19.4 Å². The van der Waals surface area contributed by atoms with Crippen LogP contribution in [0.4, 0.5) is 0 Å². The number of fused-ring (bicyclic) bond motifs is 1. The van der Waals surface area contributed by atoms with Crippen LogP contribution in [0, 0.1) is 6.92 Å². The van der Waals surface area contributed by atoms with Gasteiger partial charge in [-0.05, 0) is 69.1 Å². The first-order chi connectivity index (χ1) is 16.9. The van der Waals surface area contributed by atoms with Gasteiger partial charge in [-0.2, -0.15) is 0 Å².